The van der Waals surface area contributed by atoms with Gasteiger partial charge in [0.2, 0.25) is 0 Å². The zero-order valence-electron chi connectivity index (χ0n) is 67.5. The molecule has 0 radical (unpaired) electrons. The van der Waals surface area contributed by atoms with Crippen LogP contribution in [0, 0.1) is 0 Å². The number of rotatable bonds is 3. The lowest BCUT2D eigenvalue weighted by atomic mass is 9.66. The lowest BCUT2D eigenvalue weighted by Gasteiger charge is -2.30. The van der Waals surface area contributed by atoms with Crippen LogP contribution in [0.15, 0.2) is 400 Å². The Hall–Kier alpha value is -16.9. The predicted octanol–water partition coefficient (Wildman–Crippen LogP) is 24.8. The molecular weight excluding hydrogens is 1570 g/mol. The smallest absolute Gasteiger partial charge is 0.536 e. The zero-order chi connectivity index (χ0) is 82.8. The van der Waals surface area contributed by atoms with E-state index in [-0.39, 0.29) is 28.5 Å². The number of furan rings is 4. The predicted molar refractivity (Wildman–Crippen MR) is 508 cm³/mol. The van der Waals surface area contributed by atoms with Crippen molar-refractivity contribution < 1.29 is 36.3 Å². The fraction of sp³-hybridized carbons (Fsp3) is 0. The Kier molecular flexibility index (Phi) is 14.7. The van der Waals surface area contributed by atoms with Crippen molar-refractivity contribution in [3.8, 4) is 96.0 Å². The molecule has 0 aliphatic carbocycles. The first-order valence-electron chi connectivity index (χ1n) is 42.6. The summed E-state index contributed by atoms with van der Waals surface area (Å²) in [7, 11) is -1.08. The second kappa shape index (κ2) is 26.8. The fourth-order valence-electron chi connectivity index (χ4n) is 20.6. The second-order valence-electron chi connectivity index (χ2n) is 32.8. The quantitative estimate of drug-likeness (QED) is 0.155. The number of hydrogen-bond acceptors (Lipinski definition) is 14. The maximum absolute atomic E-state index is 6.88. The maximum atomic E-state index is 6.88. The van der Waals surface area contributed by atoms with Gasteiger partial charge < -0.3 is 69.1 Å². The molecule has 0 amide bonds. The van der Waals surface area contributed by atoms with E-state index in [0.717, 1.165) is 208 Å². The molecule has 31 rings (SSSR count). The normalized spacial score (nSPS) is 13.6. The van der Waals surface area contributed by atoms with E-state index in [1.54, 1.807) is 12.5 Å². The van der Waals surface area contributed by atoms with Crippen molar-refractivity contribution in [1.82, 2.24) is 23.5 Å². The maximum Gasteiger partial charge on any atom is 0.629 e. The van der Waals surface area contributed by atoms with Crippen molar-refractivity contribution in [2.75, 3.05) is 19.2 Å². The Bertz CT molecular complexity index is 8510. The van der Waals surface area contributed by atoms with Crippen molar-refractivity contribution in [3.05, 3.63) is 383 Å². The molecule has 0 saturated heterocycles. The van der Waals surface area contributed by atoms with E-state index in [4.69, 9.17) is 46.3 Å². The Morgan fingerprint density at radius 1 is 0.260 bits per heavy atom. The average molecular weight is 1630 g/mol. The lowest BCUT2D eigenvalue weighted by Crippen LogP contribution is -2.50. The molecule has 8 aliphatic rings. The molecule has 16 aromatic carbocycles. The van der Waals surface area contributed by atoms with Crippen LogP contribution in [0.3, 0.4) is 0 Å². The monoisotopic (exact) mass is 1630 g/mol. The minimum Gasteiger partial charge on any atom is -0.536 e. The third kappa shape index (κ3) is 10.1. The molecular formula is C106H63B4N9O8. The number of anilines is 8. The van der Waals surface area contributed by atoms with Gasteiger partial charge in [-0.25, -0.2) is 9.97 Å². The van der Waals surface area contributed by atoms with Gasteiger partial charge in [-0.3, -0.25) is 0 Å². The zero-order valence-corrected chi connectivity index (χ0v) is 67.5. The number of imidazole rings is 2. The van der Waals surface area contributed by atoms with Crippen LogP contribution in [-0.4, -0.2) is 52.0 Å². The molecule has 23 aromatic rings. The molecule has 0 N–H and O–H groups in total. The Balaban J connectivity index is 0.0000000876. The molecule has 0 unspecified atom stereocenters. The van der Waals surface area contributed by atoms with E-state index in [9.17, 15) is 0 Å². The number of para-hydroxylation sites is 17. The lowest BCUT2D eigenvalue weighted by molar-refractivity contribution is 0.569. The van der Waals surface area contributed by atoms with Gasteiger partial charge in [-0.05, 0) is 167 Å². The highest BCUT2D eigenvalue weighted by molar-refractivity contribution is 6.77. The summed E-state index contributed by atoms with van der Waals surface area (Å²) < 4.78 is 57.2. The first-order valence-corrected chi connectivity index (χ1v) is 42.6. The first kappa shape index (κ1) is 69.7. The molecule has 21 heteroatoms. The van der Waals surface area contributed by atoms with E-state index in [1.165, 1.54) is 32.8 Å². The SMILES string of the molecule is c1ccc2c(c1)-c1nc3ccccc3n1B1Oc3c(-c4cccc5c4oc4ccccc45)cccc3N12.c1ccc2c(c1)-c1nc3ccccc3n1B1Oc3ccc(-c4cccc5c4oc4ccccc45)cc3N12.c1ccc2c(c1)OB1c3ccc(-n4c5ccccc5c5ccccc54)cc3-c3ccoc3N12.c1ccc2c(c1)OB1c3ccccc3-c3ccoc3N12. The van der Waals surface area contributed by atoms with Crippen LogP contribution < -0.4 is 48.8 Å². The van der Waals surface area contributed by atoms with Crippen molar-refractivity contribution in [2.24, 2.45) is 0 Å². The molecule has 7 aromatic heterocycles. The molecule has 8 aliphatic heterocycles. The first-order chi connectivity index (χ1) is 63.0. The molecule has 15 heterocycles. The van der Waals surface area contributed by atoms with Gasteiger partial charge in [0.25, 0.3) is 0 Å². The largest absolute Gasteiger partial charge is 0.629 e. The van der Waals surface area contributed by atoms with Gasteiger partial charge in [0.15, 0.2) is 11.8 Å². The number of fused-ring (bicyclic) bond motifs is 45. The van der Waals surface area contributed by atoms with Crippen LogP contribution in [0.2, 0.25) is 0 Å². The Morgan fingerprint density at radius 3 is 1.32 bits per heavy atom. The van der Waals surface area contributed by atoms with Crippen molar-refractivity contribution in [3.63, 3.8) is 0 Å². The molecule has 17 nitrogen and oxygen atoms in total. The molecule has 0 spiro atoms. The summed E-state index contributed by atoms with van der Waals surface area (Å²) in [5.74, 6) is 7.02. The van der Waals surface area contributed by atoms with Crippen molar-refractivity contribution in [1.29, 1.82) is 0 Å². The van der Waals surface area contributed by atoms with E-state index in [2.05, 4.69) is 318 Å². The number of nitrogens with zero attached hydrogens (tertiary/aromatic N) is 9. The van der Waals surface area contributed by atoms with Crippen molar-refractivity contribution >= 4 is 173 Å². The molecule has 0 saturated carbocycles. The summed E-state index contributed by atoms with van der Waals surface area (Å²) >= 11 is 0. The van der Waals surface area contributed by atoms with Crippen LogP contribution in [-0.2, 0) is 0 Å². The minimum atomic E-state index is -0.372. The molecule has 592 valence electrons. The van der Waals surface area contributed by atoms with E-state index in [0.29, 0.717) is 0 Å². The van der Waals surface area contributed by atoms with Crippen LogP contribution in [0.25, 0.3) is 161 Å². The summed E-state index contributed by atoms with van der Waals surface area (Å²) in [6.45, 7) is 0. The van der Waals surface area contributed by atoms with E-state index >= 15 is 0 Å². The molecule has 0 fully saturated rings. The third-order valence-electron chi connectivity index (χ3n) is 26.1. The van der Waals surface area contributed by atoms with Crippen molar-refractivity contribution in [2.45, 2.75) is 0 Å². The topological polar surface area (TPSA) is 143 Å². The van der Waals surface area contributed by atoms with E-state index in [1.807, 2.05) is 84.9 Å². The second-order valence-corrected chi connectivity index (χ2v) is 32.8. The standard InChI is InChI=1S/2C31H18BN3O2.C28H17BN2O2.C16H10BNO2/c1-4-15-25-23(10-1)31-33-24-14-3-5-16-26(24)35(31)32-34(25)27-17-8-13-22(30(27)37-32)21-12-7-11-20-19-9-2-6-18-28(19)36-29(20)21;1-4-13-25-23(9-1)31-33-24-12-3-5-14-26(24)35(31)32-34(25)27-18-19(16-17-29(27)37-32)20-10-7-11-22-21-8-2-6-15-28(21)36-30(20)22;1-3-9-24-19(7-1)20-8-2-4-10-25(20)30(24)18-13-14-23-22(17-18)21-15-16-32-28(21)31-26-11-5-6-12-27(26)33-29(23)31;1-2-6-13-11(5-1)12-9-10-19-16(12)18-14-7-3-4-8-15(14)20-17(13)18/h2*1-18H;1-17H;1-10H. The highest BCUT2D eigenvalue weighted by Crippen LogP contribution is 2.56. The van der Waals surface area contributed by atoms with Gasteiger partial charge in [-0.2, -0.15) is 0 Å². The van der Waals surface area contributed by atoms with Crippen LogP contribution in [0.4, 0.5) is 45.9 Å². The third-order valence-corrected chi connectivity index (χ3v) is 26.1. The Labute approximate surface area is 726 Å². The molecule has 0 bridgehead atoms. The fourth-order valence-corrected chi connectivity index (χ4v) is 20.6. The van der Waals surface area contributed by atoms with Gasteiger partial charge in [0, 0.05) is 88.3 Å². The summed E-state index contributed by atoms with van der Waals surface area (Å²) in [6, 6.07) is 128. The number of benzene rings is 16. The number of aromatic nitrogens is 5. The summed E-state index contributed by atoms with van der Waals surface area (Å²) in [5, 5.41) is 7.00. The minimum absolute atomic E-state index is 0.137. The van der Waals surface area contributed by atoms with Gasteiger partial charge in [0.05, 0.1) is 68.4 Å². The highest BCUT2D eigenvalue weighted by atomic mass is 16.5. The number of hydrogen-bond donors (Lipinski definition) is 0. The molecule has 0 atom stereocenters. The summed E-state index contributed by atoms with van der Waals surface area (Å²) in [5.41, 5.74) is 30.7. The summed E-state index contributed by atoms with van der Waals surface area (Å²) in [4.78, 5) is 18.9. The van der Waals surface area contributed by atoms with Crippen LogP contribution in [0.5, 0.6) is 23.0 Å². The average Bonchev–Trinajstić information content (AvgIpc) is 1.56. The highest BCUT2D eigenvalue weighted by Gasteiger charge is 2.52. The van der Waals surface area contributed by atoms with Gasteiger partial charge >= 0.3 is 28.5 Å². The van der Waals surface area contributed by atoms with Gasteiger partial charge in [0.1, 0.15) is 57.0 Å². The van der Waals surface area contributed by atoms with Crippen LogP contribution >= 0.6 is 0 Å². The van der Waals surface area contributed by atoms with Crippen LogP contribution in [0.1, 0.15) is 0 Å². The van der Waals surface area contributed by atoms with Gasteiger partial charge in [-0.15, -0.1) is 0 Å². The van der Waals surface area contributed by atoms with E-state index < -0.39 is 0 Å². The molecule has 127 heavy (non-hydrogen) atoms. The Morgan fingerprint density at radius 2 is 0.701 bits per heavy atom. The van der Waals surface area contributed by atoms with Gasteiger partial charge in [-0.1, -0.05) is 231 Å². The summed E-state index contributed by atoms with van der Waals surface area (Å²) in [6.07, 6.45) is 3.51.